The number of amides is 1. The van der Waals surface area contributed by atoms with Crippen molar-refractivity contribution in [3.05, 3.63) is 54.0 Å². The molecule has 1 N–H and O–H groups in total. The average molecular weight is 357 g/mol. The minimum Gasteiger partial charge on any atom is -0.396 e. The largest absolute Gasteiger partial charge is 0.396 e. The number of halogens is 1. The van der Waals surface area contributed by atoms with Gasteiger partial charge in [0.2, 0.25) is 5.91 Å². The summed E-state index contributed by atoms with van der Waals surface area (Å²) >= 11 is 0. The van der Waals surface area contributed by atoms with E-state index in [1.807, 2.05) is 12.1 Å². The molecule has 0 bridgehead atoms. The second-order valence-electron chi connectivity index (χ2n) is 6.74. The number of hydrogen-bond donors (Lipinski definition) is 1. The molecule has 2 heterocycles. The molecule has 1 aliphatic heterocycles. The highest BCUT2D eigenvalue weighted by Gasteiger charge is 2.20. The van der Waals surface area contributed by atoms with Crippen molar-refractivity contribution in [3.63, 3.8) is 0 Å². The van der Waals surface area contributed by atoms with Crippen LogP contribution >= 0.6 is 0 Å². The SMILES string of the molecule is CC(=O)N(Cc1ccc(N2CCCC(CO)C2)nc1)c1ccc(F)cc1. The molecule has 0 aliphatic carbocycles. The zero-order valence-corrected chi connectivity index (χ0v) is 14.9. The van der Waals surface area contributed by atoms with Gasteiger partial charge in [0.15, 0.2) is 0 Å². The van der Waals surface area contributed by atoms with Crippen LogP contribution in [0.3, 0.4) is 0 Å². The fraction of sp³-hybridized carbons (Fsp3) is 0.400. The number of aromatic nitrogens is 1. The lowest BCUT2D eigenvalue weighted by Crippen LogP contribution is -2.37. The number of anilines is 2. The van der Waals surface area contributed by atoms with Crippen molar-refractivity contribution in [3.8, 4) is 0 Å². The topological polar surface area (TPSA) is 56.7 Å². The summed E-state index contributed by atoms with van der Waals surface area (Å²) in [5.41, 5.74) is 1.56. The molecule has 1 amide bonds. The van der Waals surface area contributed by atoms with Crippen LogP contribution in [0.2, 0.25) is 0 Å². The lowest BCUT2D eigenvalue weighted by molar-refractivity contribution is -0.116. The maximum atomic E-state index is 13.1. The molecule has 1 atom stereocenters. The van der Waals surface area contributed by atoms with Crippen molar-refractivity contribution >= 4 is 17.4 Å². The highest BCUT2D eigenvalue weighted by Crippen LogP contribution is 2.23. The van der Waals surface area contributed by atoms with Gasteiger partial charge < -0.3 is 14.9 Å². The zero-order valence-electron chi connectivity index (χ0n) is 14.9. The highest BCUT2D eigenvalue weighted by molar-refractivity contribution is 5.91. The molecule has 1 unspecified atom stereocenters. The summed E-state index contributed by atoms with van der Waals surface area (Å²) in [6.07, 6.45) is 3.88. The number of aliphatic hydroxyl groups excluding tert-OH is 1. The number of aliphatic hydroxyl groups is 1. The predicted octanol–water partition coefficient (Wildman–Crippen LogP) is 2.98. The smallest absolute Gasteiger partial charge is 0.224 e. The number of carbonyl (C=O) groups excluding carboxylic acids is 1. The second-order valence-corrected chi connectivity index (χ2v) is 6.74. The minimum absolute atomic E-state index is 0.109. The van der Waals surface area contributed by atoms with Crippen molar-refractivity contribution < 1.29 is 14.3 Å². The first-order valence-electron chi connectivity index (χ1n) is 8.91. The van der Waals surface area contributed by atoms with Crippen LogP contribution in [0.15, 0.2) is 42.6 Å². The summed E-state index contributed by atoms with van der Waals surface area (Å²) in [6, 6.07) is 9.81. The number of carbonyl (C=O) groups is 1. The lowest BCUT2D eigenvalue weighted by atomic mass is 9.99. The fourth-order valence-electron chi connectivity index (χ4n) is 3.31. The molecule has 2 aromatic rings. The molecular weight excluding hydrogens is 333 g/mol. The Bertz CT molecular complexity index is 734. The molecule has 3 rings (SSSR count). The number of hydrogen-bond acceptors (Lipinski definition) is 4. The lowest BCUT2D eigenvalue weighted by Gasteiger charge is -2.32. The Balaban J connectivity index is 1.71. The van der Waals surface area contributed by atoms with E-state index in [1.54, 1.807) is 23.2 Å². The number of benzene rings is 1. The molecule has 1 aromatic carbocycles. The van der Waals surface area contributed by atoms with Crippen molar-refractivity contribution in [1.29, 1.82) is 0 Å². The van der Waals surface area contributed by atoms with E-state index in [4.69, 9.17) is 0 Å². The summed E-state index contributed by atoms with van der Waals surface area (Å²) in [4.78, 5) is 20.3. The standard InChI is InChI=1S/C20H24FN3O2/c1-15(26)24(19-7-5-18(21)6-8-19)13-16-4-9-20(22-11-16)23-10-2-3-17(12-23)14-25/h4-9,11,17,25H,2-3,10,12-14H2,1H3. The van der Waals surface area contributed by atoms with Crippen LogP contribution in [0.25, 0.3) is 0 Å². The first kappa shape index (κ1) is 18.3. The van der Waals surface area contributed by atoms with Gasteiger partial charge >= 0.3 is 0 Å². The van der Waals surface area contributed by atoms with Crippen LogP contribution in [-0.4, -0.2) is 35.7 Å². The summed E-state index contributed by atoms with van der Waals surface area (Å²) in [7, 11) is 0. The fourth-order valence-corrected chi connectivity index (χ4v) is 3.31. The van der Waals surface area contributed by atoms with E-state index in [2.05, 4.69) is 9.88 Å². The van der Waals surface area contributed by atoms with Crippen molar-refractivity contribution in [1.82, 2.24) is 4.98 Å². The van der Waals surface area contributed by atoms with Gasteiger partial charge in [0.25, 0.3) is 0 Å². The van der Waals surface area contributed by atoms with Crippen molar-refractivity contribution in [2.45, 2.75) is 26.3 Å². The average Bonchev–Trinajstić information content (AvgIpc) is 2.67. The maximum Gasteiger partial charge on any atom is 0.224 e. The van der Waals surface area contributed by atoms with Gasteiger partial charge in [-0.3, -0.25) is 4.79 Å². The molecule has 5 nitrogen and oxygen atoms in total. The number of piperidine rings is 1. The molecule has 1 aromatic heterocycles. The van der Waals surface area contributed by atoms with Gasteiger partial charge in [-0.25, -0.2) is 9.37 Å². The molecular formula is C20H24FN3O2. The Hall–Kier alpha value is -2.47. The van der Waals surface area contributed by atoms with E-state index in [0.717, 1.165) is 37.3 Å². The third kappa shape index (κ3) is 4.38. The van der Waals surface area contributed by atoms with Gasteiger partial charge in [0, 0.05) is 38.5 Å². The van der Waals surface area contributed by atoms with E-state index in [0.29, 0.717) is 18.2 Å². The molecule has 1 fully saturated rings. The van der Waals surface area contributed by atoms with Crippen LogP contribution in [0.4, 0.5) is 15.9 Å². The quantitative estimate of drug-likeness (QED) is 0.894. The molecule has 138 valence electrons. The summed E-state index contributed by atoms with van der Waals surface area (Å²) < 4.78 is 13.1. The summed E-state index contributed by atoms with van der Waals surface area (Å²) in [5, 5.41) is 9.37. The first-order chi connectivity index (χ1) is 12.6. The van der Waals surface area contributed by atoms with E-state index in [1.165, 1.54) is 19.1 Å². The molecule has 6 heteroatoms. The maximum absolute atomic E-state index is 13.1. The van der Waals surface area contributed by atoms with E-state index >= 15 is 0 Å². The van der Waals surface area contributed by atoms with Crippen LogP contribution in [0, 0.1) is 11.7 Å². The molecule has 0 radical (unpaired) electrons. The van der Waals surface area contributed by atoms with Gasteiger partial charge in [-0.2, -0.15) is 0 Å². The van der Waals surface area contributed by atoms with Gasteiger partial charge in [0.1, 0.15) is 11.6 Å². The Morgan fingerprint density at radius 1 is 1.31 bits per heavy atom. The van der Waals surface area contributed by atoms with Crippen molar-refractivity contribution in [2.24, 2.45) is 5.92 Å². The first-order valence-corrected chi connectivity index (χ1v) is 8.91. The van der Waals surface area contributed by atoms with Crippen LogP contribution in [0.1, 0.15) is 25.3 Å². The number of rotatable bonds is 5. The van der Waals surface area contributed by atoms with Crippen LogP contribution in [0.5, 0.6) is 0 Å². The van der Waals surface area contributed by atoms with Crippen LogP contribution < -0.4 is 9.80 Å². The van der Waals surface area contributed by atoms with Crippen molar-refractivity contribution in [2.75, 3.05) is 29.5 Å². The Kier molecular flexibility index (Phi) is 5.83. The molecule has 0 saturated carbocycles. The second kappa shape index (κ2) is 8.27. The minimum atomic E-state index is -0.328. The van der Waals surface area contributed by atoms with E-state index in [-0.39, 0.29) is 18.3 Å². The Morgan fingerprint density at radius 3 is 2.69 bits per heavy atom. The summed E-state index contributed by atoms with van der Waals surface area (Å²) in [6.45, 7) is 3.84. The third-order valence-electron chi connectivity index (χ3n) is 4.77. The molecule has 0 spiro atoms. The van der Waals surface area contributed by atoms with E-state index < -0.39 is 0 Å². The normalized spacial score (nSPS) is 17.2. The molecule has 1 aliphatic rings. The molecule has 26 heavy (non-hydrogen) atoms. The Morgan fingerprint density at radius 2 is 2.08 bits per heavy atom. The van der Waals surface area contributed by atoms with Gasteiger partial charge in [-0.15, -0.1) is 0 Å². The van der Waals surface area contributed by atoms with Crippen LogP contribution in [-0.2, 0) is 11.3 Å². The molecule has 1 saturated heterocycles. The van der Waals surface area contributed by atoms with Gasteiger partial charge in [-0.1, -0.05) is 6.07 Å². The number of nitrogens with zero attached hydrogens (tertiary/aromatic N) is 3. The summed E-state index contributed by atoms with van der Waals surface area (Å²) in [5.74, 6) is 0.758. The Labute approximate surface area is 153 Å². The van der Waals surface area contributed by atoms with Gasteiger partial charge in [0.05, 0.1) is 6.54 Å². The third-order valence-corrected chi connectivity index (χ3v) is 4.77. The number of pyridine rings is 1. The van der Waals surface area contributed by atoms with Gasteiger partial charge in [-0.05, 0) is 54.7 Å². The predicted molar refractivity (Wildman–Crippen MR) is 99.5 cm³/mol. The highest BCUT2D eigenvalue weighted by atomic mass is 19.1. The monoisotopic (exact) mass is 357 g/mol. The zero-order chi connectivity index (χ0) is 18.5. The van der Waals surface area contributed by atoms with E-state index in [9.17, 15) is 14.3 Å².